The van der Waals surface area contributed by atoms with Crippen LogP contribution in [0.5, 0.6) is 0 Å². The standard InChI is InChI=1S/C19H21N3O2/c1-19(16-11-7-4-8-12-16)17(23)22(18(24)20-19)14-21(2)13-15-9-5-3-6-10-15/h3-12H,13-14H2,1-2H3,(H,20,24)/p+1/t19-/m0/s1. The maximum atomic E-state index is 12.9. The van der Waals surface area contributed by atoms with E-state index in [9.17, 15) is 9.59 Å². The maximum Gasteiger partial charge on any atom is 0.329 e. The summed E-state index contributed by atoms with van der Waals surface area (Å²) in [4.78, 5) is 27.6. The van der Waals surface area contributed by atoms with Crippen LogP contribution in [0.3, 0.4) is 0 Å². The summed E-state index contributed by atoms with van der Waals surface area (Å²) in [5.41, 5.74) is 0.977. The van der Waals surface area contributed by atoms with Crippen molar-refractivity contribution in [1.29, 1.82) is 0 Å². The Labute approximate surface area is 141 Å². The Morgan fingerprint density at radius 2 is 1.58 bits per heavy atom. The zero-order valence-corrected chi connectivity index (χ0v) is 14.0. The highest BCUT2D eigenvalue weighted by Gasteiger charge is 2.49. The van der Waals surface area contributed by atoms with Gasteiger partial charge < -0.3 is 10.2 Å². The van der Waals surface area contributed by atoms with Gasteiger partial charge >= 0.3 is 6.03 Å². The number of quaternary nitrogens is 1. The van der Waals surface area contributed by atoms with Gasteiger partial charge in [0.05, 0.1) is 7.05 Å². The lowest BCUT2D eigenvalue weighted by Crippen LogP contribution is -3.09. The number of nitrogens with zero attached hydrogens (tertiary/aromatic N) is 1. The van der Waals surface area contributed by atoms with Crippen molar-refractivity contribution in [2.75, 3.05) is 13.7 Å². The number of imide groups is 1. The van der Waals surface area contributed by atoms with E-state index in [0.717, 1.165) is 17.0 Å². The molecule has 5 heteroatoms. The monoisotopic (exact) mass is 324 g/mol. The van der Waals surface area contributed by atoms with E-state index in [0.29, 0.717) is 6.67 Å². The zero-order valence-electron chi connectivity index (χ0n) is 14.0. The van der Waals surface area contributed by atoms with Crippen LogP contribution in [-0.4, -0.2) is 30.6 Å². The molecule has 3 rings (SSSR count). The molecule has 124 valence electrons. The highest BCUT2D eigenvalue weighted by Crippen LogP contribution is 2.27. The molecule has 24 heavy (non-hydrogen) atoms. The fourth-order valence-corrected chi connectivity index (χ4v) is 3.08. The minimum Gasteiger partial charge on any atom is -0.319 e. The maximum absolute atomic E-state index is 12.9. The van der Waals surface area contributed by atoms with E-state index in [2.05, 4.69) is 5.32 Å². The van der Waals surface area contributed by atoms with E-state index in [4.69, 9.17) is 0 Å². The number of carbonyl (C=O) groups excluding carboxylic acids is 2. The second kappa shape index (κ2) is 6.45. The number of amides is 3. The average molecular weight is 324 g/mol. The first-order valence-corrected chi connectivity index (χ1v) is 8.05. The van der Waals surface area contributed by atoms with Crippen LogP contribution in [0, 0.1) is 0 Å². The first-order chi connectivity index (χ1) is 11.5. The van der Waals surface area contributed by atoms with Crippen molar-refractivity contribution < 1.29 is 14.5 Å². The number of carbonyl (C=O) groups is 2. The molecule has 1 heterocycles. The summed E-state index contributed by atoms with van der Waals surface area (Å²) >= 11 is 0. The highest BCUT2D eigenvalue weighted by molar-refractivity contribution is 6.07. The number of benzene rings is 2. The Morgan fingerprint density at radius 3 is 2.21 bits per heavy atom. The Bertz CT molecular complexity index is 733. The van der Waals surface area contributed by atoms with Gasteiger partial charge in [-0.3, -0.25) is 4.79 Å². The lowest BCUT2D eigenvalue weighted by molar-refractivity contribution is -0.901. The number of hydrogen-bond acceptors (Lipinski definition) is 2. The molecular formula is C19H22N3O2+. The van der Waals surface area contributed by atoms with Crippen molar-refractivity contribution in [2.24, 2.45) is 0 Å². The summed E-state index contributed by atoms with van der Waals surface area (Å²) < 4.78 is 0. The summed E-state index contributed by atoms with van der Waals surface area (Å²) in [6, 6.07) is 19.1. The molecule has 5 nitrogen and oxygen atoms in total. The molecule has 0 radical (unpaired) electrons. The SMILES string of the molecule is C[NH+](Cc1ccccc1)CN1C(=O)N[C@@](C)(c2ccccc2)C1=O. The Morgan fingerprint density at radius 1 is 1.00 bits per heavy atom. The lowest BCUT2D eigenvalue weighted by atomic mass is 9.92. The van der Waals surface area contributed by atoms with Crippen LogP contribution in [-0.2, 0) is 16.9 Å². The Kier molecular flexibility index (Phi) is 4.36. The van der Waals surface area contributed by atoms with Crippen LogP contribution in [0.4, 0.5) is 4.79 Å². The van der Waals surface area contributed by atoms with Gasteiger partial charge in [0.1, 0.15) is 12.1 Å². The largest absolute Gasteiger partial charge is 0.329 e. The number of rotatable bonds is 5. The molecular weight excluding hydrogens is 302 g/mol. The number of nitrogens with one attached hydrogen (secondary N) is 2. The third kappa shape index (κ3) is 3.03. The van der Waals surface area contributed by atoms with Crippen molar-refractivity contribution >= 4 is 11.9 Å². The van der Waals surface area contributed by atoms with Crippen molar-refractivity contribution in [3.63, 3.8) is 0 Å². The minimum absolute atomic E-state index is 0.203. The van der Waals surface area contributed by atoms with Crippen LogP contribution < -0.4 is 10.2 Å². The smallest absolute Gasteiger partial charge is 0.319 e. The van der Waals surface area contributed by atoms with E-state index < -0.39 is 5.54 Å². The summed E-state index contributed by atoms with van der Waals surface area (Å²) in [7, 11) is 1.98. The summed E-state index contributed by atoms with van der Waals surface area (Å²) in [5, 5.41) is 2.84. The van der Waals surface area contributed by atoms with Gasteiger partial charge in [-0.1, -0.05) is 60.7 Å². The summed E-state index contributed by atoms with van der Waals surface area (Å²) in [6.45, 7) is 2.84. The van der Waals surface area contributed by atoms with Crippen LogP contribution in [0.1, 0.15) is 18.1 Å². The first kappa shape index (κ1) is 16.2. The first-order valence-electron chi connectivity index (χ1n) is 8.05. The molecule has 1 aliphatic heterocycles. The molecule has 1 aliphatic rings. The van der Waals surface area contributed by atoms with Gasteiger partial charge in [-0.25, -0.2) is 9.69 Å². The van der Waals surface area contributed by atoms with E-state index in [1.807, 2.05) is 67.7 Å². The van der Waals surface area contributed by atoms with Crippen molar-refractivity contribution in [1.82, 2.24) is 10.2 Å². The lowest BCUT2D eigenvalue weighted by Gasteiger charge is -2.23. The van der Waals surface area contributed by atoms with Gasteiger partial charge in [0, 0.05) is 5.56 Å². The van der Waals surface area contributed by atoms with Crippen molar-refractivity contribution in [2.45, 2.75) is 19.0 Å². The van der Waals surface area contributed by atoms with Crippen LogP contribution in [0.15, 0.2) is 60.7 Å². The quantitative estimate of drug-likeness (QED) is 0.810. The molecule has 0 aliphatic carbocycles. The second-order valence-corrected chi connectivity index (χ2v) is 6.43. The Balaban J connectivity index is 1.73. The predicted octanol–water partition coefficient (Wildman–Crippen LogP) is 1.13. The zero-order chi connectivity index (χ0) is 17.2. The molecule has 0 spiro atoms. The van der Waals surface area contributed by atoms with Crippen LogP contribution in [0.25, 0.3) is 0 Å². The molecule has 0 saturated carbocycles. The van der Waals surface area contributed by atoms with Crippen molar-refractivity contribution in [3.8, 4) is 0 Å². The molecule has 2 N–H and O–H groups in total. The molecule has 2 atom stereocenters. The van der Waals surface area contributed by atoms with E-state index in [1.54, 1.807) is 6.92 Å². The molecule has 0 bridgehead atoms. The normalized spacial score (nSPS) is 21.7. The predicted molar refractivity (Wildman–Crippen MR) is 91.1 cm³/mol. The summed E-state index contributed by atoms with van der Waals surface area (Å²) in [5.74, 6) is -0.203. The fourth-order valence-electron chi connectivity index (χ4n) is 3.08. The number of hydrogen-bond donors (Lipinski definition) is 2. The second-order valence-electron chi connectivity index (χ2n) is 6.43. The molecule has 1 saturated heterocycles. The fraction of sp³-hybridized carbons (Fsp3) is 0.263. The highest BCUT2D eigenvalue weighted by atomic mass is 16.2. The van der Waals surface area contributed by atoms with Gasteiger partial charge in [-0.2, -0.15) is 0 Å². The van der Waals surface area contributed by atoms with Crippen LogP contribution in [0.2, 0.25) is 0 Å². The number of urea groups is 1. The van der Waals surface area contributed by atoms with Gasteiger partial charge in [0.2, 0.25) is 0 Å². The molecule has 1 unspecified atom stereocenters. The topological polar surface area (TPSA) is 53.9 Å². The van der Waals surface area contributed by atoms with Gasteiger partial charge in [0.15, 0.2) is 6.67 Å². The van der Waals surface area contributed by atoms with E-state index in [1.165, 1.54) is 10.5 Å². The van der Waals surface area contributed by atoms with E-state index >= 15 is 0 Å². The Hall–Kier alpha value is -2.66. The van der Waals surface area contributed by atoms with Crippen LogP contribution >= 0.6 is 0 Å². The molecule has 2 aromatic carbocycles. The van der Waals surface area contributed by atoms with Crippen molar-refractivity contribution in [3.05, 3.63) is 71.8 Å². The van der Waals surface area contributed by atoms with E-state index in [-0.39, 0.29) is 11.9 Å². The van der Waals surface area contributed by atoms with Gasteiger partial charge in [-0.05, 0) is 12.5 Å². The third-order valence-corrected chi connectivity index (χ3v) is 4.40. The average Bonchev–Trinajstić information content (AvgIpc) is 2.81. The molecule has 0 aromatic heterocycles. The molecule has 2 aromatic rings. The summed E-state index contributed by atoms with van der Waals surface area (Å²) in [6.07, 6.45) is 0. The molecule has 3 amide bonds. The van der Waals surface area contributed by atoms with Gasteiger partial charge in [-0.15, -0.1) is 0 Å². The molecule has 1 fully saturated rings. The minimum atomic E-state index is -0.995. The van der Waals surface area contributed by atoms with Gasteiger partial charge in [0.25, 0.3) is 5.91 Å². The third-order valence-electron chi connectivity index (χ3n) is 4.40.